The number of aliphatic carboxylic acids is 1. The van der Waals surface area contributed by atoms with Gasteiger partial charge in [-0.05, 0) is 31.0 Å². The number of carbonyl (C=O) groups is 2. The van der Waals surface area contributed by atoms with Crippen LogP contribution in [-0.2, 0) is 4.79 Å². The summed E-state index contributed by atoms with van der Waals surface area (Å²) in [5.41, 5.74) is 0.192. The van der Waals surface area contributed by atoms with E-state index in [2.05, 4.69) is 20.9 Å². The molecule has 1 aliphatic rings. The predicted molar refractivity (Wildman–Crippen MR) is 85.9 cm³/mol. The van der Waals surface area contributed by atoms with Gasteiger partial charge in [0.05, 0.1) is 11.5 Å². The van der Waals surface area contributed by atoms with E-state index in [1.165, 1.54) is 23.3 Å². The van der Waals surface area contributed by atoms with Gasteiger partial charge in [0.15, 0.2) is 5.69 Å². The Morgan fingerprint density at radius 3 is 2.92 bits per heavy atom. The van der Waals surface area contributed by atoms with Crippen LogP contribution in [0.4, 0.5) is 4.39 Å². The van der Waals surface area contributed by atoms with Crippen molar-refractivity contribution >= 4 is 27.8 Å². The van der Waals surface area contributed by atoms with Crippen LogP contribution in [0.1, 0.15) is 23.3 Å². The smallest absolute Gasteiger partial charge is 0.308 e. The van der Waals surface area contributed by atoms with Crippen LogP contribution in [0, 0.1) is 11.7 Å². The van der Waals surface area contributed by atoms with Gasteiger partial charge in [-0.25, -0.2) is 9.37 Å². The summed E-state index contributed by atoms with van der Waals surface area (Å²) < 4.78 is 19.8. The van der Waals surface area contributed by atoms with E-state index in [1.807, 2.05) is 0 Å². The van der Waals surface area contributed by atoms with Gasteiger partial charge in [-0.1, -0.05) is 15.9 Å². The van der Waals surface area contributed by atoms with Crippen LogP contribution in [0.2, 0.25) is 0 Å². The second-order valence-corrected chi connectivity index (χ2v) is 6.51. The molecule has 1 fully saturated rings. The fraction of sp³-hybridized carbons (Fsp3) is 0.312. The molecular formula is C16H14BrFN2O4. The first-order valence-electron chi connectivity index (χ1n) is 7.38. The Hall–Kier alpha value is -2.22. The van der Waals surface area contributed by atoms with Gasteiger partial charge in [0.1, 0.15) is 12.1 Å². The number of carboxylic acids is 1. The van der Waals surface area contributed by atoms with Crippen molar-refractivity contribution < 1.29 is 23.5 Å². The van der Waals surface area contributed by atoms with E-state index in [-0.39, 0.29) is 23.7 Å². The number of oxazole rings is 1. The zero-order chi connectivity index (χ0) is 17.3. The molecule has 3 rings (SSSR count). The average molecular weight is 397 g/mol. The summed E-state index contributed by atoms with van der Waals surface area (Å²) in [5.74, 6) is -2.40. The highest BCUT2D eigenvalue weighted by atomic mass is 79.9. The van der Waals surface area contributed by atoms with Gasteiger partial charge in [-0.15, -0.1) is 0 Å². The molecule has 1 aromatic heterocycles. The maximum atomic E-state index is 14.0. The molecule has 0 spiro atoms. The Morgan fingerprint density at radius 1 is 1.42 bits per heavy atom. The quantitative estimate of drug-likeness (QED) is 0.860. The summed E-state index contributed by atoms with van der Waals surface area (Å²) >= 11 is 3.17. The van der Waals surface area contributed by atoms with Crippen molar-refractivity contribution in [1.82, 2.24) is 9.88 Å². The fourth-order valence-electron chi connectivity index (χ4n) is 2.68. The zero-order valence-electron chi connectivity index (χ0n) is 12.5. The van der Waals surface area contributed by atoms with Gasteiger partial charge in [0.25, 0.3) is 5.91 Å². The molecular weight excluding hydrogens is 383 g/mol. The van der Waals surface area contributed by atoms with E-state index in [0.717, 1.165) is 0 Å². The lowest BCUT2D eigenvalue weighted by Crippen LogP contribution is -2.42. The first-order chi connectivity index (χ1) is 11.5. The molecule has 1 aromatic carbocycles. The van der Waals surface area contributed by atoms with Gasteiger partial charge < -0.3 is 14.4 Å². The molecule has 1 aliphatic heterocycles. The third-order valence-corrected chi connectivity index (χ3v) is 4.44. The molecule has 0 saturated carbocycles. The van der Waals surface area contributed by atoms with Crippen LogP contribution in [0.3, 0.4) is 0 Å². The summed E-state index contributed by atoms with van der Waals surface area (Å²) in [7, 11) is 0. The van der Waals surface area contributed by atoms with E-state index in [1.54, 1.807) is 6.07 Å². The largest absolute Gasteiger partial charge is 0.481 e. The van der Waals surface area contributed by atoms with Gasteiger partial charge in [-0.3, -0.25) is 9.59 Å². The number of amides is 1. The number of carbonyl (C=O) groups excluding carboxylic acids is 1. The van der Waals surface area contributed by atoms with E-state index in [9.17, 15) is 14.0 Å². The van der Waals surface area contributed by atoms with Gasteiger partial charge in [0, 0.05) is 17.6 Å². The van der Waals surface area contributed by atoms with Crippen LogP contribution in [0.25, 0.3) is 11.5 Å². The number of hydrogen-bond donors (Lipinski definition) is 1. The van der Waals surface area contributed by atoms with Crippen molar-refractivity contribution in [3.63, 3.8) is 0 Å². The van der Waals surface area contributed by atoms with Crippen molar-refractivity contribution in [1.29, 1.82) is 0 Å². The molecule has 1 amide bonds. The van der Waals surface area contributed by atoms with Crippen LogP contribution in [0.5, 0.6) is 0 Å². The number of piperidine rings is 1. The molecule has 1 N–H and O–H groups in total. The highest BCUT2D eigenvalue weighted by Crippen LogP contribution is 2.26. The van der Waals surface area contributed by atoms with Crippen molar-refractivity contribution in [3.8, 4) is 11.5 Å². The zero-order valence-corrected chi connectivity index (χ0v) is 14.1. The monoisotopic (exact) mass is 396 g/mol. The minimum Gasteiger partial charge on any atom is -0.481 e. The number of hydrogen-bond acceptors (Lipinski definition) is 4. The fourth-order valence-corrected chi connectivity index (χ4v) is 3.02. The van der Waals surface area contributed by atoms with Crippen LogP contribution in [-0.4, -0.2) is 40.0 Å². The number of aromatic nitrogens is 1. The first kappa shape index (κ1) is 16.6. The number of likely N-dealkylation sites (tertiary alicyclic amines) is 1. The lowest BCUT2D eigenvalue weighted by Gasteiger charge is -2.29. The lowest BCUT2D eigenvalue weighted by atomic mass is 9.98. The third kappa shape index (κ3) is 3.33. The van der Waals surface area contributed by atoms with E-state index >= 15 is 0 Å². The molecule has 24 heavy (non-hydrogen) atoms. The number of halogens is 2. The second kappa shape index (κ2) is 6.72. The van der Waals surface area contributed by atoms with E-state index in [0.29, 0.717) is 23.9 Å². The van der Waals surface area contributed by atoms with Gasteiger partial charge >= 0.3 is 5.97 Å². The molecule has 0 bridgehead atoms. The number of rotatable bonds is 3. The highest BCUT2D eigenvalue weighted by Gasteiger charge is 2.30. The van der Waals surface area contributed by atoms with Crippen LogP contribution < -0.4 is 0 Å². The van der Waals surface area contributed by atoms with E-state index < -0.39 is 23.6 Å². The third-order valence-electron chi connectivity index (χ3n) is 3.94. The Morgan fingerprint density at radius 2 is 2.21 bits per heavy atom. The Kier molecular flexibility index (Phi) is 4.66. The number of nitrogens with zero attached hydrogens (tertiary/aromatic N) is 2. The Bertz CT molecular complexity index is 792. The van der Waals surface area contributed by atoms with Crippen molar-refractivity contribution in [2.75, 3.05) is 13.1 Å². The number of benzene rings is 1. The summed E-state index contributed by atoms with van der Waals surface area (Å²) in [5, 5.41) is 9.10. The molecule has 1 atom stereocenters. The minimum atomic E-state index is -0.912. The van der Waals surface area contributed by atoms with Crippen molar-refractivity contribution in [3.05, 3.63) is 40.4 Å². The molecule has 6 nitrogen and oxygen atoms in total. The maximum Gasteiger partial charge on any atom is 0.308 e. The molecule has 8 heteroatoms. The Balaban J connectivity index is 1.80. The van der Waals surface area contributed by atoms with Crippen LogP contribution in [0.15, 0.2) is 33.4 Å². The lowest BCUT2D eigenvalue weighted by molar-refractivity contribution is -0.143. The molecule has 0 radical (unpaired) electrons. The first-order valence-corrected chi connectivity index (χ1v) is 8.18. The SMILES string of the molecule is O=C(O)C1CCCN(C(=O)c2coc(-c3ccc(Br)cc3F)n2)C1. The molecule has 1 saturated heterocycles. The molecule has 2 aromatic rings. The summed E-state index contributed by atoms with van der Waals surface area (Å²) in [6, 6.07) is 4.43. The predicted octanol–water partition coefficient (Wildman–Crippen LogP) is 3.18. The molecule has 0 aliphatic carbocycles. The number of carboxylic acid groups (broad SMARTS) is 1. The minimum absolute atomic E-state index is 0.00939. The van der Waals surface area contributed by atoms with Crippen molar-refractivity contribution in [2.45, 2.75) is 12.8 Å². The van der Waals surface area contributed by atoms with Gasteiger partial charge in [0.2, 0.25) is 5.89 Å². The topological polar surface area (TPSA) is 83.6 Å². The molecule has 126 valence electrons. The summed E-state index contributed by atoms with van der Waals surface area (Å²) in [4.78, 5) is 29.1. The summed E-state index contributed by atoms with van der Waals surface area (Å²) in [6.07, 6.45) is 2.34. The van der Waals surface area contributed by atoms with Crippen molar-refractivity contribution in [2.24, 2.45) is 5.92 Å². The standard InChI is InChI=1S/C16H14BrFN2O4/c17-10-3-4-11(12(18)6-10)14-19-13(8-24-14)15(21)20-5-1-2-9(7-20)16(22)23/h3-4,6,8-9H,1-2,5,7H2,(H,22,23). The molecule has 2 heterocycles. The maximum absolute atomic E-state index is 14.0. The van der Waals surface area contributed by atoms with Crippen LogP contribution >= 0.6 is 15.9 Å². The average Bonchev–Trinajstić information content (AvgIpc) is 3.04. The highest BCUT2D eigenvalue weighted by molar-refractivity contribution is 9.10. The molecule has 1 unspecified atom stereocenters. The Labute approximate surface area is 145 Å². The normalized spacial score (nSPS) is 17.8. The second-order valence-electron chi connectivity index (χ2n) is 5.59. The summed E-state index contributed by atoms with van der Waals surface area (Å²) in [6.45, 7) is 0.612. The van der Waals surface area contributed by atoms with E-state index in [4.69, 9.17) is 9.52 Å². The van der Waals surface area contributed by atoms with Gasteiger partial charge in [-0.2, -0.15) is 0 Å².